The molecule has 0 aromatic carbocycles. The second-order valence-electron chi connectivity index (χ2n) is 5.16. The van der Waals surface area contributed by atoms with Crippen LogP contribution in [0.25, 0.3) is 0 Å². The van der Waals surface area contributed by atoms with Gasteiger partial charge in [0.25, 0.3) is 0 Å². The van der Waals surface area contributed by atoms with E-state index in [0.29, 0.717) is 17.6 Å². The van der Waals surface area contributed by atoms with Crippen LogP contribution in [0.2, 0.25) is 0 Å². The highest BCUT2D eigenvalue weighted by atomic mass is 19.1. The van der Waals surface area contributed by atoms with E-state index in [4.69, 9.17) is 0 Å². The number of nitrogens with one attached hydrogen (secondary N) is 1. The maximum Gasteiger partial charge on any atom is 0.187 e. The van der Waals surface area contributed by atoms with Gasteiger partial charge in [0.1, 0.15) is 6.33 Å². The van der Waals surface area contributed by atoms with E-state index < -0.39 is 0 Å². The first kappa shape index (κ1) is 13.2. The zero-order valence-corrected chi connectivity index (χ0v) is 11.3. The summed E-state index contributed by atoms with van der Waals surface area (Å²) in [5.74, 6) is 0.215. The Bertz CT molecular complexity index is 402. The third kappa shape index (κ3) is 2.61. The summed E-state index contributed by atoms with van der Waals surface area (Å²) in [6.45, 7) is 5.82. The minimum absolute atomic E-state index is 0.0737. The summed E-state index contributed by atoms with van der Waals surface area (Å²) in [6.07, 6.45) is 3.66. The van der Waals surface area contributed by atoms with Crippen LogP contribution in [0.4, 0.5) is 10.2 Å². The molecule has 1 aromatic heterocycles. The van der Waals surface area contributed by atoms with E-state index in [1.807, 2.05) is 25.8 Å². The number of nitrogens with zero attached hydrogens (tertiary/aromatic N) is 3. The van der Waals surface area contributed by atoms with Gasteiger partial charge in [0.15, 0.2) is 11.6 Å². The summed E-state index contributed by atoms with van der Waals surface area (Å²) in [6, 6.07) is 0.308. The number of piperidine rings is 1. The molecule has 0 radical (unpaired) electrons. The van der Waals surface area contributed by atoms with E-state index in [1.54, 1.807) is 0 Å². The molecule has 4 nitrogen and oxygen atoms in total. The molecular formula is C13H21FN4. The Hall–Kier alpha value is -1.23. The highest BCUT2D eigenvalue weighted by Crippen LogP contribution is 2.24. The van der Waals surface area contributed by atoms with E-state index in [1.165, 1.54) is 6.33 Å². The van der Waals surface area contributed by atoms with Gasteiger partial charge in [-0.05, 0) is 25.3 Å². The molecule has 0 aliphatic carbocycles. The third-order valence-corrected chi connectivity index (χ3v) is 3.50. The first-order valence-electron chi connectivity index (χ1n) is 6.55. The van der Waals surface area contributed by atoms with Gasteiger partial charge < -0.3 is 10.2 Å². The lowest BCUT2D eigenvalue weighted by atomic mass is 10.1. The molecule has 1 fully saturated rings. The summed E-state index contributed by atoms with van der Waals surface area (Å²) in [5.41, 5.74) is 0.496. The molecule has 1 aromatic rings. The minimum atomic E-state index is -0.277. The highest BCUT2D eigenvalue weighted by molar-refractivity contribution is 5.42. The number of likely N-dealkylation sites (N-methyl/N-ethyl adjacent to an activating group) is 1. The lowest BCUT2D eigenvalue weighted by Crippen LogP contribution is -2.45. The third-order valence-electron chi connectivity index (χ3n) is 3.50. The van der Waals surface area contributed by atoms with Crippen LogP contribution in [-0.2, 0) is 0 Å². The summed E-state index contributed by atoms with van der Waals surface area (Å²) in [5, 5.41) is 3.33. The fourth-order valence-electron chi connectivity index (χ4n) is 2.36. The Labute approximate surface area is 108 Å². The standard InChI is InChI=1S/C13H21FN4/c1-9(2)12-11(14)13(17-8-16-12)18(3)10-5-4-6-15-7-10/h8-10,15H,4-7H2,1-3H3. The Morgan fingerprint density at radius 1 is 1.44 bits per heavy atom. The van der Waals surface area contributed by atoms with Crippen LogP contribution >= 0.6 is 0 Å². The van der Waals surface area contributed by atoms with Gasteiger partial charge in [0.2, 0.25) is 0 Å². The predicted molar refractivity (Wildman–Crippen MR) is 70.4 cm³/mol. The minimum Gasteiger partial charge on any atom is -0.353 e. The van der Waals surface area contributed by atoms with E-state index in [-0.39, 0.29) is 11.7 Å². The van der Waals surface area contributed by atoms with Crippen molar-refractivity contribution in [1.82, 2.24) is 15.3 Å². The molecule has 0 amide bonds. The van der Waals surface area contributed by atoms with Crippen molar-refractivity contribution in [1.29, 1.82) is 0 Å². The van der Waals surface area contributed by atoms with Gasteiger partial charge in [0, 0.05) is 19.6 Å². The summed E-state index contributed by atoms with van der Waals surface area (Å²) in [7, 11) is 1.91. The smallest absolute Gasteiger partial charge is 0.187 e. The van der Waals surface area contributed by atoms with Gasteiger partial charge in [-0.1, -0.05) is 13.8 Å². The normalized spacial score (nSPS) is 20.2. The molecule has 1 saturated heterocycles. The molecule has 1 unspecified atom stereocenters. The molecule has 2 heterocycles. The van der Waals surface area contributed by atoms with Crippen molar-refractivity contribution in [3.05, 3.63) is 17.8 Å². The van der Waals surface area contributed by atoms with Crippen LogP contribution in [-0.4, -0.2) is 36.1 Å². The van der Waals surface area contributed by atoms with Crippen LogP contribution < -0.4 is 10.2 Å². The number of hydrogen-bond donors (Lipinski definition) is 1. The molecule has 1 atom stereocenters. The molecule has 18 heavy (non-hydrogen) atoms. The molecule has 5 heteroatoms. The summed E-state index contributed by atoms with van der Waals surface area (Å²) in [4.78, 5) is 10.1. The maximum absolute atomic E-state index is 14.3. The second-order valence-corrected chi connectivity index (χ2v) is 5.16. The van der Waals surface area contributed by atoms with E-state index in [9.17, 15) is 4.39 Å². The van der Waals surface area contributed by atoms with Crippen LogP contribution in [0.15, 0.2) is 6.33 Å². The quantitative estimate of drug-likeness (QED) is 0.892. The average molecular weight is 252 g/mol. The lowest BCUT2D eigenvalue weighted by molar-refractivity contribution is 0.437. The SMILES string of the molecule is CC(C)c1ncnc(N(C)C2CCCNC2)c1F. The molecule has 0 bridgehead atoms. The Balaban J connectivity index is 2.24. The highest BCUT2D eigenvalue weighted by Gasteiger charge is 2.23. The predicted octanol–water partition coefficient (Wildman–Crippen LogP) is 1.93. The van der Waals surface area contributed by atoms with Crippen molar-refractivity contribution < 1.29 is 4.39 Å². The number of anilines is 1. The first-order chi connectivity index (χ1) is 8.61. The molecule has 100 valence electrons. The van der Waals surface area contributed by atoms with Gasteiger partial charge >= 0.3 is 0 Å². The van der Waals surface area contributed by atoms with Crippen LogP contribution in [0.1, 0.15) is 38.3 Å². The molecule has 1 aliphatic heterocycles. The first-order valence-corrected chi connectivity index (χ1v) is 6.55. The van der Waals surface area contributed by atoms with Crippen molar-refractivity contribution >= 4 is 5.82 Å². The zero-order chi connectivity index (χ0) is 13.1. The van der Waals surface area contributed by atoms with Crippen molar-refractivity contribution in [2.24, 2.45) is 0 Å². The topological polar surface area (TPSA) is 41.1 Å². The van der Waals surface area contributed by atoms with E-state index >= 15 is 0 Å². The second kappa shape index (κ2) is 5.61. The fourth-order valence-corrected chi connectivity index (χ4v) is 2.36. The van der Waals surface area contributed by atoms with Gasteiger partial charge in [-0.25, -0.2) is 14.4 Å². The number of hydrogen-bond acceptors (Lipinski definition) is 4. The Morgan fingerprint density at radius 2 is 2.22 bits per heavy atom. The lowest BCUT2D eigenvalue weighted by Gasteiger charge is -2.32. The summed E-state index contributed by atoms with van der Waals surface area (Å²) < 4.78 is 14.3. The molecule has 1 N–H and O–H groups in total. The van der Waals surface area contributed by atoms with Crippen molar-refractivity contribution in [2.45, 2.75) is 38.6 Å². The van der Waals surface area contributed by atoms with Crippen molar-refractivity contribution in [3.8, 4) is 0 Å². The molecule has 0 saturated carbocycles. The Morgan fingerprint density at radius 3 is 2.83 bits per heavy atom. The van der Waals surface area contributed by atoms with Gasteiger partial charge in [-0.15, -0.1) is 0 Å². The van der Waals surface area contributed by atoms with Crippen LogP contribution in [0, 0.1) is 5.82 Å². The largest absolute Gasteiger partial charge is 0.353 e. The van der Waals surface area contributed by atoms with Crippen LogP contribution in [0.3, 0.4) is 0 Å². The zero-order valence-electron chi connectivity index (χ0n) is 11.3. The van der Waals surface area contributed by atoms with Gasteiger partial charge in [0.05, 0.1) is 5.69 Å². The molecule has 1 aliphatic rings. The van der Waals surface area contributed by atoms with Gasteiger partial charge in [-0.2, -0.15) is 0 Å². The molecule has 2 rings (SSSR count). The van der Waals surface area contributed by atoms with Crippen molar-refractivity contribution in [2.75, 3.05) is 25.0 Å². The van der Waals surface area contributed by atoms with E-state index in [2.05, 4.69) is 15.3 Å². The maximum atomic E-state index is 14.3. The Kier molecular flexibility index (Phi) is 4.11. The number of halogens is 1. The van der Waals surface area contributed by atoms with E-state index in [0.717, 1.165) is 25.9 Å². The van der Waals surface area contributed by atoms with Crippen LogP contribution in [0.5, 0.6) is 0 Å². The molecular weight excluding hydrogens is 231 g/mol. The average Bonchev–Trinajstić information content (AvgIpc) is 2.39. The van der Waals surface area contributed by atoms with Crippen molar-refractivity contribution in [3.63, 3.8) is 0 Å². The van der Waals surface area contributed by atoms with Gasteiger partial charge in [-0.3, -0.25) is 0 Å². The fraction of sp³-hybridized carbons (Fsp3) is 0.692. The summed E-state index contributed by atoms with van der Waals surface area (Å²) >= 11 is 0. The number of rotatable bonds is 3. The molecule has 0 spiro atoms. The number of aromatic nitrogens is 2. The monoisotopic (exact) mass is 252 g/mol.